The van der Waals surface area contributed by atoms with Gasteiger partial charge < -0.3 is 19.7 Å². The van der Waals surface area contributed by atoms with Gasteiger partial charge in [0.1, 0.15) is 23.4 Å². The Morgan fingerprint density at radius 1 is 1.21 bits per heavy atom. The molecule has 2 aromatic carbocycles. The minimum atomic E-state index is -4.85. The third-order valence-electron chi connectivity index (χ3n) is 4.28. The summed E-state index contributed by atoms with van der Waals surface area (Å²) in [7, 11) is 1.32. The van der Waals surface area contributed by atoms with E-state index < -0.39 is 35.8 Å². The molecule has 1 unspecified atom stereocenters. The molecule has 6 nitrogen and oxygen atoms in total. The monoisotopic (exact) mass is 412 g/mol. The predicted molar refractivity (Wildman–Crippen MR) is 94.3 cm³/mol. The Balaban J connectivity index is 1.73. The fraction of sp³-hybridized carbons (Fsp3) is 0.263. The number of anilines is 1. The molecule has 10 heteroatoms. The fourth-order valence-corrected chi connectivity index (χ4v) is 3.01. The van der Waals surface area contributed by atoms with Crippen LogP contribution in [0.3, 0.4) is 0 Å². The third kappa shape index (κ3) is 4.76. The van der Waals surface area contributed by atoms with E-state index in [1.807, 2.05) is 0 Å². The summed E-state index contributed by atoms with van der Waals surface area (Å²) >= 11 is 0. The Morgan fingerprint density at radius 3 is 2.66 bits per heavy atom. The molecule has 2 aromatic rings. The smallest absolute Gasteiger partial charge is 0.496 e. The van der Waals surface area contributed by atoms with Gasteiger partial charge in [0, 0.05) is 18.3 Å². The number of carbonyl (C=O) groups is 2. The van der Waals surface area contributed by atoms with Crippen LogP contribution in [0.1, 0.15) is 16.8 Å². The highest BCUT2D eigenvalue weighted by atomic mass is 19.4. The lowest BCUT2D eigenvalue weighted by atomic mass is 10.1. The Hall–Kier alpha value is -3.30. The molecular weight excluding hydrogens is 396 g/mol. The third-order valence-corrected chi connectivity index (χ3v) is 4.28. The molecule has 1 aliphatic rings. The Bertz CT molecular complexity index is 933. The second kappa shape index (κ2) is 7.98. The lowest BCUT2D eigenvalue weighted by Gasteiger charge is -2.19. The fourth-order valence-electron chi connectivity index (χ4n) is 3.01. The second-order valence-corrected chi connectivity index (χ2v) is 6.19. The average Bonchev–Trinajstić information content (AvgIpc) is 3.01. The van der Waals surface area contributed by atoms with Gasteiger partial charge in [-0.1, -0.05) is 6.07 Å². The van der Waals surface area contributed by atoms with E-state index in [0.29, 0.717) is 0 Å². The van der Waals surface area contributed by atoms with E-state index in [1.54, 1.807) is 0 Å². The number of benzene rings is 2. The molecule has 0 bridgehead atoms. The summed E-state index contributed by atoms with van der Waals surface area (Å²) in [5, 5.41) is 2.51. The molecule has 1 N–H and O–H groups in total. The maximum Gasteiger partial charge on any atom is 0.573 e. The lowest BCUT2D eigenvalue weighted by Crippen LogP contribution is -2.41. The summed E-state index contributed by atoms with van der Waals surface area (Å²) in [5.74, 6) is -2.16. The number of halogens is 4. The lowest BCUT2D eigenvalue weighted by molar-refractivity contribution is -0.274. The number of amides is 2. The number of ether oxygens (including phenoxy) is 2. The summed E-state index contributed by atoms with van der Waals surface area (Å²) in [4.78, 5) is 26.3. The highest BCUT2D eigenvalue weighted by Gasteiger charge is 2.35. The van der Waals surface area contributed by atoms with Gasteiger partial charge >= 0.3 is 6.36 Å². The summed E-state index contributed by atoms with van der Waals surface area (Å²) in [6.45, 7) is 0.180. The van der Waals surface area contributed by atoms with E-state index in [4.69, 9.17) is 4.74 Å². The highest BCUT2D eigenvalue weighted by molar-refractivity contribution is 6.04. The van der Waals surface area contributed by atoms with Crippen LogP contribution in [0.2, 0.25) is 0 Å². The highest BCUT2D eigenvalue weighted by Crippen LogP contribution is 2.29. The molecule has 3 rings (SSSR count). The first-order valence-corrected chi connectivity index (χ1v) is 8.49. The van der Waals surface area contributed by atoms with E-state index in [-0.39, 0.29) is 30.0 Å². The van der Waals surface area contributed by atoms with Crippen molar-refractivity contribution in [3.8, 4) is 11.5 Å². The van der Waals surface area contributed by atoms with Gasteiger partial charge in [0.2, 0.25) is 5.91 Å². The first kappa shape index (κ1) is 20.4. The van der Waals surface area contributed by atoms with Crippen LogP contribution in [0, 0.1) is 5.82 Å². The van der Waals surface area contributed by atoms with Crippen LogP contribution in [0.5, 0.6) is 11.5 Å². The molecule has 1 fully saturated rings. The van der Waals surface area contributed by atoms with Crippen molar-refractivity contribution < 1.29 is 36.6 Å². The predicted octanol–water partition coefficient (Wildman–Crippen LogP) is 3.27. The van der Waals surface area contributed by atoms with Crippen LogP contribution in [0.15, 0.2) is 42.5 Å². The maximum absolute atomic E-state index is 13.5. The summed E-state index contributed by atoms with van der Waals surface area (Å²) in [5.41, 5.74) is 0.135. The summed E-state index contributed by atoms with van der Waals surface area (Å²) in [6.07, 6.45) is -4.62. The van der Waals surface area contributed by atoms with Crippen molar-refractivity contribution in [2.24, 2.45) is 0 Å². The number of alkyl halides is 3. The SMILES string of the molecule is COc1ccc(F)cc1C(=O)NC1CCN(c2cccc(OC(F)(F)F)c2)C1=O. The van der Waals surface area contributed by atoms with E-state index in [2.05, 4.69) is 10.1 Å². The molecule has 29 heavy (non-hydrogen) atoms. The molecule has 1 heterocycles. The first-order chi connectivity index (χ1) is 13.7. The summed E-state index contributed by atoms with van der Waals surface area (Å²) in [6, 6.07) is 7.49. The van der Waals surface area contributed by atoms with Crippen LogP contribution in [0.25, 0.3) is 0 Å². The van der Waals surface area contributed by atoms with Crippen molar-refractivity contribution >= 4 is 17.5 Å². The number of methoxy groups -OCH3 is 1. The van der Waals surface area contributed by atoms with Gasteiger partial charge in [-0.2, -0.15) is 0 Å². The molecule has 0 saturated carbocycles. The zero-order valence-electron chi connectivity index (χ0n) is 15.1. The van der Waals surface area contributed by atoms with Crippen molar-refractivity contribution in [3.63, 3.8) is 0 Å². The van der Waals surface area contributed by atoms with Crippen LogP contribution in [0.4, 0.5) is 23.2 Å². The van der Waals surface area contributed by atoms with Gasteiger partial charge in [0.25, 0.3) is 5.91 Å². The molecule has 1 aliphatic heterocycles. The van der Waals surface area contributed by atoms with E-state index in [9.17, 15) is 27.2 Å². The number of nitrogens with one attached hydrogen (secondary N) is 1. The molecule has 1 saturated heterocycles. The van der Waals surface area contributed by atoms with Crippen molar-refractivity contribution in [2.45, 2.75) is 18.8 Å². The van der Waals surface area contributed by atoms with Gasteiger partial charge in [-0.05, 0) is 36.8 Å². The Labute approximate surface area is 163 Å². The molecule has 0 aliphatic carbocycles. The maximum atomic E-state index is 13.5. The molecule has 1 atom stereocenters. The van der Waals surface area contributed by atoms with Gasteiger partial charge in [-0.15, -0.1) is 13.2 Å². The number of nitrogens with zero attached hydrogens (tertiary/aromatic N) is 1. The molecular formula is C19H16F4N2O4. The summed E-state index contributed by atoms with van der Waals surface area (Å²) < 4.78 is 59.6. The largest absolute Gasteiger partial charge is 0.573 e. The van der Waals surface area contributed by atoms with Gasteiger partial charge in [-0.25, -0.2) is 4.39 Å². The zero-order chi connectivity index (χ0) is 21.2. The van der Waals surface area contributed by atoms with Crippen LogP contribution < -0.4 is 19.7 Å². The molecule has 0 radical (unpaired) electrons. The standard InChI is InChI=1S/C19H16F4N2O4/c1-28-16-6-5-11(20)9-14(16)17(26)24-15-7-8-25(18(15)27)12-3-2-4-13(10-12)29-19(21,22)23/h2-6,9-10,15H,7-8H2,1H3,(H,24,26). The van der Waals surface area contributed by atoms with Crippen LogP contribution in [-0.2, 0) is 4.79 Å². The first-order valence-electron chi connectivity index (χ1n) is 8.49. The minimum absolute atomic E-state index is 0.0701. The topological polar surface area (TPSA) is 67.9 Å². The van der Waals surface area contributed by atoms with Gasteiger partial charge in [0.15, 0.2) is 0 Å². The van der Waals surface area contributed by atoms with Crippen molar-refractivity contribution in [3.05, 3.63) is 53.8 Å². The number of hydrogen-bond acceptors (Lipinski definition) is 4. The van der Waals surface area contributed by atoms with Crippen molar-refractivity contribution in [1.29, 1.82) is 0 Å². The minimum Gasteiger partial charge on any atom is -0.496 e. The normalized spacial score (nSPS) is 16.7. The average molecular weight is 412 g/mol. The van der Waals surface area contributed by atoms with Crippen molar-refractivity contribution in [1.82, 2.24) is 5.32 Å². The van der Waals surface area contributed by atoms with Crippen LogP contribution in [-0.4, -0.2) is 37.9 Å². The van der Waals surface area contributed by atoms with Gasteiger partial charge in [-0.3, -0.25) is 9.59 Å². The van der Waals surface area contributed by atoms with E-state index in [1.165, 1.54) is 30.2 Å². The second-order valence-electron chi connectivity index (χ2n) is 6.19. The Morgan fingerprint density at radius 2 is 1.97 bits per heavy atom. The number of rotatable bonds is 5. The van der Waals surface area contributed by atoms with E-state index >= 15 is 0 Å². The molecule has 2 amide bonds. The zero-order valence-corrected chi connectivity index (χ0v) is 15.1. The molecule has 154 valence electrons. The Kier molecular flexibility index (Phi) is 5.62. The van der Waals surface area contributed by atoms with Crippen molar-refractivity contribution in [2.75, 3.05) is 18.6 Å². The molecule has 0 spiro atoms. The number of hydrogen-bond donors (Lipinski definition) is 1. The molecule has 0 aromatic heterocycles. The van der Waals surface area contributed by atoms with E-state index in [0.717, 1.165) is 24.3 Å². The quantitative estimate of drug-likeness (QED) is 0.766. The number of carbonyl (C=O) groups excluding carboxylic acids is 2. The van der Waals surface area contributed by atoms with Crippen LogP contribution >= 0.6 is 0 Å². The van der Waals surface area contributed by atoms with Gasteiger partial charge in [0.05, 0.1) is 12.7 Å².